The maximum Gasteiger partial charge on any atom is 0.323 e. The van der Waals surface area contributed by atoms with Gasteiger partial charge in [0.2, 0.25) is 10.0 Å². The number of esters is 1. The summed E-state index contributed by atoms with van der Waals surface area (Å²) < 4.78 is 35.5. The minimum atomic E-state index is -3.85. The minimum Gasteiger partial charge on any atom is -0.495 e. The predicted molar refractivity (Wildman–Crippen MR) is 69.8 cm³/mol. The number of benzene rings is 1. The van der Waals surface area contributed by atoms with E-state index in [2.05, 4.69) is 9.46 Å². The molecule has 1 N–H and O–H groups in total. The first kappa shape index (κ1) is 15.7. The summed E-state index contributed by atoms with van der Waals surface area (Å²) in [6, 6.07) is 3.01. The van der Waals surface area contributed by atoms with Crippen molar-refractivity contribution < 1.29 is 22.7 Å². The van der Waals surface area contributed by atoms with E-state index >= 15 is 0 Å². The Morgan fingerprint density at radius 3 is 2.47 bits per heavy atom. The first-order valence-electron chi connectivity index (χ1n) is 5.25. The first-order chi connectivity index (χ1) is 8.81. The molecule has 0 spiro atoms. The minimum absolute atomic E-state index is 0.0611. The van der Waals surface area contributed by atoms with Gasteiger partial charge in [0.05, 0.1) is 24.1 Å². The van der Waals surface area contributed by atoms with Gasteiger partial charge < -0.3 is 9.47 Å². The van der Waals surface area contributed by atoms with Gasteiger partial charge in [-0.2, -0.15) is 4.72 Å². The van der Waals surface area contributed by atoms with Crippen molar-refractivity contribution in [2.75, 3.05) is 14.2 Å². The van der Waals surface area contributed by atoms with E-state index in [1.165, 1.54) is 39.3 Å². The van der Waals surface area contributed by atoms with E-state index in [1.807, 2.05) is 0 Å². The van der Waals surface area contributed by atoms with E-state index < -0.39 is 22.0 Å². The maximum absolute atomic E-state index is 12.0. The molecule has 19 heavy (non-hydrogen) atoms. The van der Waals surface area contributed by atoms with Gasteiger partial charge in [0, 0.05) is 0 Å². The lowest BCUT2D eigenvalue weighted by Gasteiger charge is -2.12. The number of hydrogen-bond donors (Lipinski definition) is 1. The third-order valence-corrected chi connectivity index (χ3v) is 4.15. The Labute approximate surface area is 116 Å². The molecule has 0 radical (unpaired) electrons. The molecule has 0 aliphatic carbocycles. The van der Waals surface area contributed by atoms with Crippen LogP contribution >= 0.6 is 11.6 Å². The van der Waals surface area contributed by atoms with Crippen LogP contribution in [0.15, 0.2) is 23.1 Å². The second-order valence-corrected chi connectivity index (χ2v) is 5.78. The molecule has 106 valence electrons. The molecule has 8 heteroatoms. The van der Waals surface area contributed by atoms with Gasteiger partial charge >= 0.3 is 5.97 Å². The number of nitrogens with one attached hydrogen (secondary N) is 1. The molecule has 0 aromatic heterocycles. The molecule has 0 fully saturated rings. The average molecular weight is 308 g/mol. The number of methoxy groups -OCH3 is 2. The smallest absolute Gasteiger partial charge is 0.323 e. The molecule has 0 saturated heterocycles. The monoisotopic (exact) mass is 307 g/mol. The Morgan fingerprint density at radius 1 is 1.37 bits per heavy atom. The van der Waals surface area contributed by atoms with E-state index in [0.29, 0.717) is 5.75 Å². The molecule has 0 heterocycles. The summed E-state index contributed by atoms with van der Waals surface area (Å²) in [7, 11) is -1.25. The quantitative estimate of drug-likeness (QED) is 0.826. The molecule has 0 saturated carbocycles. The van der Waals surface area contributed by atoms with Crippen molar-refractivity contribution in [2.24, 2.45) is 0 Å². The van der Waals surface area contributed by atoms with Gasteiger partial charge in [-0.1, -0.05) is 11.6 Å². The number of rotatable bonds is 5. The summed E-state index contributed by atoms with van der Waals surface area (Å²) in [5.74, 6) is -0.315. The normalized spacial score (nSPS) is 12.8. The fourth-order valence-corrected chi connectivity index (χ4v) is 2.88. The third kappa shape index (κ3) is 3.82. The van der Waals surface area contributed by atoms with Crippen LogP contribution in [0, 0.1) is 0 Å². The maximum atomic E-state index is 12.0. The highest BCUT2D eigenvalue weighted by molar-refractivity contribution is 7.89. The molecule has 6 nitrogen and oxygen atoms in total. The summed E-state index contributed by atoms with van der Waals surface area (Å²) in [5.41, 5.74) is 0. The van der Waals surface area contributed by atoms with Crippen molar-refractivity contribution >= 4 is 27.6 Å². The van der Waals surface area contributed by atoms with Crippen molar-refractivity contribution in [2.45, 2.75) is 17.9 Å². The number of carbonyl (C=O) groups excluding carboxylic acids is 1. The SMILES string of the molecule is COC(=O)[C@@H](C)NS(=O)(=O)c1ccc(OC)c(Cl)c1. The zero-order chi connectivity index (χ0) is 14.6. The van der Waals surface area contributed by atoms with Crippen LogP contribution in [0.5, 0.6) is 5.75 Å². The van der Waals surface area contributed by atoms with E-state index in [-0.39, 0.29) is 9.92 Å². The highest BCUT2D eigenvalue weighted by atomic mass is 35.5. The highest BCUT2D eigenvalue weighted by Crippen LogP contribution is 2.26. The Balaban J connectivity index is 3.01. The van der Waals surface area contributed by atoms with Crippen molar-refractivity contribution in [3.8, 4) is 5.75 Å². The molecular weight excluding hydrogens is 294 g/mol. The van der Waals surface area contributed by atoms with E-state index in [1.54, 1.807) is 0 Å². The molecule has 0 unspecified atom stereocenters. The summed E-state index contributed by atoms with van der Waals surface area (Å²) >= 11 is 5.85. The molecule has 0 aliphatic heterocycles. The van der Waals surface area contributed by atoms with Crippen LogP contribution < -0.4 is 9.46 Å². The predicted octanol–water partition coefficient (Wildman–Crippen LogP) is 1.19. The van der Waals surface area contributed by atoms with E-state index in [9.17, 15) is 13.2 Å². The number of halogens is 1. The molecule has 1 rings (SSSR count). The van der Waals surface area contributed by atoms with Crippen LogP contribution in [0.25, 0.3) is 0 Å². The summed E-state index contributed by atoms with van der Waals surface area (Å²) in [6.07, 6.45) is 0. The average Bonchev–Trinajstić information content (AvgIpc) is 2.37. The lowest BCUT2D eigenvalue weighted by Crippen LogP contribution is -2.39. The molecule has 1 aromatic rings. The van der Waals surface area contributed by atoms with Crippen LogP contribution in [0.1, 0.15) is 6.92 Å². The van der Waals surface area contributed by atoms with E-state index in [0.717, 1.165) is 0 Å². The number of ether oxygens (including phenoxy) is 2. The molecular formula is C11H14ClNO5S. The Kier molecular flexibility index (Phi) is 5.16. The third-order valence-electron chi connectivity index (χ3n) is 2.32. The Morgan fingerprint density at radius 2 is 2.00 bits per heavy atom. The highest BCUT2D eigenvalue weighted by Gasteiger charge is 2.23. The van der Waals surface area contributed by atoms with Crippen molar-refractivity contribution in [3.63, 3.8) is 0 Å². The topological polar surface area (TPSA) is 81.7 Å². The zero-order valence-corrected chi connectivity index (χ0v) is 12.2. The fourth-order valence-electron chi connectivity index (χ4n) is 1.34. The van der Waals surface area contributed by atoms with Gasteiger partial charge in [0.25, 0.3) is 0 Å². The number of carbonyl (C=O) groups is 1. The van der Waals surface area contributed by atoms with Gasteiger partial charge in [-0.05, 0) is 25.1 Å². The second-order valence-electron chi connectivity index (χ2n) is 3.66. The molecule has 0 amide bonds. The first-order valence-corrected chi connectivity index (χ1v) is 7.11. The Bertz CT molecular complexity index is 572. The van der Waals surface area contributed by atoms with Crippen molar-refractivity contribution in [1.82, 2.24) is 4.72 Å². The van der Waals surface area contributed by atoms with Crippen LogP contribution in [0.3, 0.4) is 0 Å². The lowest BCUT2D eigenvalue weighted by atomic mass is 10.3. The summed E-state index contributed by atoms with van der Waals surface area (Å²) in [6.45, 7) is 1.38. The standard InChI is InChI=1S/C11H14ClNO5S/c1-7(11(14)18-3)13-19(15,16)8-4-5-10(17-2)9(12)6-8/h4-7,13H,1-3H3/t7-/m1/s1. The number of hydrogen-bond acceptors (Lipinski definition) is 5. The van der Waals surface area contributed by atoms with Gasteiger partial charge in [0.15, 0.2) is 0 Å². The zero-order valence-electron chi connectivity index (χ0n) is 10.6. The van der Waals surface area contributed by atoms with Crippen LogP contribution in [0.4, 0.5) is 0 Å². The molecule has 1 aromatic carbocycles. The van der Waals surface area contributed by atoms with Gasteiger partial charge in [-0.15, -0.1) is 0 Å². The molecule has 1 atom stereocenters. The van der Waals surface area contributed by atoms with Crippen molar-refractivity contribution in [1.29, 1.82) is 0 Å². The van der Waals surface area contributed by atoms with Gasteiger partial charge in [0.1, 0.15) is 11.8 Å². The van der Waals surface area contributed by atoms with E-state index in [4.69, 9.17) is 16.3 Å². The van der Waals surface area contributed by atoms with Crippen molar-refractivity contribution in [3.05, 3.63) is 23.2 Å². The summed E-state index contributed by atoms with van der Waals surface area (Å²) in [5, 5.41) is 0.163. The van der Waals surface area contributed by atoms with Gasteiger partial charge in [-0.3, -0.25) is 4.79 Å². The summed E-state index contributed by atoms with van der Waals surface area (Å²) in [4.78, 5) is 11.1. The van der Waals surface area contributed by atoms with Crippen LogP contribution in [-0.4, -0.2) is 34.6 Å². The lowest BCUT2D eigenvalue weighted by molar-refractivity contribution is -0.142. The number of sulfonamides is 1. The van der Waals surface area contributed by atoms with Crippen LogP contribution in [-0.2, 0) is 19.6 Å². The van der Waals surface area contributed by atoms with Gasteiger partial charge in [-0.25, -0.2) is 8.42 Å². The second kappa shape index (κ2) is 6.23. The largest absolute Gasteiger partial charge is 0.495 e. The molecule has 0 aliphatic rings. The fraction of sp³-hybridized carbons (Fsp3) is 0.364. The Hall–Kier alpha value is -1.31. The molecule has 0 bridgehead atoms. The van der Waals surface area contributed by atoms with Crippen LogP contribution in [0.2, 0.25) is 5.02 Å².